The average molecular weight is 435 g/mol. The van der Waals surface area contributed by atoms with Crippen molar-refractivity contribution in [3.05, 3.63) is 51.8 Å². The summed E-state index contributed by atoms with van der Waals surface area (Å²) in [4.78, 5) is 12.9. The van der Waals surface area contributed by atoms with Crippen molar-refractivity contribution in [3.63, 3.8) is 0 Å². The fraction of sp³-hybridized carbons (Fsp3) is 0.476. The lowest BCUT2D eigenvalue weighted by Crippen LogP contribution is -2.45. The molecule has 0 atom stereocenters. The zero-order valence-electron chi connectivity index (χ0n) is 16.2. The van der Waals surface area contributed by atoms with Gasteiger partial charge in [-0.3, -0.25) is 4.79 Å². The second kappa shape index (κ2) is 8.48. The maximum atomic E-state index is 12.9. The zero-order chi connectivity index (χ0) is 19.4. The zero-order valence-corrected chi connectivity index (χ0v) is 17.8. The molecular formula is C21H27BrN2O3. The molecule has 1 aromatic carbocycles. The third-order valence-corrected chi connectivity index (χ3v) is 5.83. The SMILES string of the molecule is CCn1cc(Br)cc1C(=O)NCC1(c2cc(C)ccc2OC)CCOCC1. The number of benzene rings is 1. The summed E-state index contributed by atoms with van der Waals surface area (Å²) in [5.74, 6) is 0.816. The monoisotopic (exact) mass is 434 g/mol. The summed E-state index contributed by atoms with van der Waals surface area (Å²) in [6.45, 7) is 6.79. The summed E-state index contributed by atoms with van der Waals surface area (Å²) in [5, 5.41) is 3.18. The van der Waals surface area contributed by atoms with E-state index in [1.165, 1.54) is 5.56 Å². The summed E-state index contributed by atoms with van der Waals surface area (Å²) in [5.41, 5.74) is 2.82. The van der Waals surface area contributed by atoms with Gasteiger partial charge in [0.15, 0.2) is 0 Å². The van der Waals surface area contributed by atoms with Gasteiger partial charge in [-0.2, -0.15) is 0 Å². The Bertz CT molecular complexity index is 810. The molecule has 2 aromatic rings. The van der Waals surface area contributed by atoms with Crippen LogP contribution in [0.5, 0.6) is 5.75 Å². The molecule has 1 fully saturated rings. The molecule has 0 aliphatic carbocycles. The molecule has 1 saturated heterocycles. The minimum absolute atomic E-state index is 0.0555. The van der Waals surface area contributed by atoms with Crippen LogP contribution in [0.4, 0.5) is 0 Å². The molecule has 1 aromatic heterocycles. The van der Waals surface area contributed by atoms with Gasteiger partial charge in [0.1, 0.15) is 11.4 Å². The van der Waals surface area contributed by atoms with E-state index in [1.54, 1.807) is 7.11 Å². The molecule has 0 unspecified atom stereocenters. The van der Waals surface area contributed by atoms with Crippen molar-refractivity contribution >= 4 is 21.8 Å². The molecule has 1 aliphatic heterocycles. The third kappa shape index (κ3) is 4.22. The van der Waals surface area contributed by atoms with Crippen LogP contribution in [0.1, 0.15) is 41.4 Å². The van der Waals surface area contributed by atoms with Crippen LogP contribution in [0.3, 0.4) is 0 Å². The number of carbonyl (C=O) groups is 1. The van der Waals surface area contributed by atoms with E-state index in [0.29, 0.717) is 25.5 Å². The summed E-state index contributed by atoms with van der Waals surface area (Å²) in [7, 11) is 1.70. The number of nitrogens with one attached hydrogen (secondary N) is 1. The van der Waals surface area contributed by atoms with Crippen LogP contribution in [-0.4, -0.2) is 37.3 Å². The third-order valence-electron chi connectivity index (χ3n) is 5.40. The predicted octanol–water partition coefficient (Wildman–Crippen LogP) is 4.07. The first-order chi connectivity index (χ1) is 13.0. The van der Waals surface area contributed by atoms with Gasteiger partial charge in [0.2, 0.25) is 0 Å². The molecule has 5 nitrogen and oxygen atoms in total. The Hall–Kier alpha value is -1.79. The molecule has 27 heavy (non-hydrogen) atoms. The molecule has 2 heterocycles. The number of ether oxygens (including phenoxy) is 2. The van der Waals surface area contributed by atoms with Crippen LogP contribution >= 0.6 is 15.9 Å². The van der Waals surface area contributed by atoms with Gasteiger partial charge in [0, 0.05) is 48.0 Å². The molecule has 1 N–H and O–H groups in total. The lowest BCUT2D eigenvalue weighted by molar-refractivity contribution is 0.0478. The Morgan fingerprint density at radius 3 is 2.74 bits per heavy atom. The van der Waals surface area contributed by atoms with E-state index in [4.69, 9.17) is 9.47 Å². The van der Waals surface area contributed by atoms with Gasteiger partial charge in [-0.25, -0.2) is 0 Å². The number of carbonyl (C=O) groups excluding carboxylic acids is 1. The number of hydrogen-bond donors (Lipinski definition) is 1. The van der Waals surface area contributed by atoms with E-state index in [-0.39, 0.29) is 11.3 Å². The minimum Gasteiger partial charge on any atom is -0.496 e. The lowest BCUT2D eigenvalue weighted by atomic mass is 9.73. The predicted molar refractivity (Wildman–Crippen MR) is 110 cm³/mol. The van der Waals surface area contributed by atoms with Gasteiger partial charge in [-0.15, -0.1) is 0 Å². The van der Waals surface area contributed by atoms with Crippen LogP contribution in [0, 0.1) is 6.92 Å². The van der Waals surface area contributed by atoms with E-state index in [2.05, 4.69) is 40.3 Å². The van der Waals surface area contributed by atoms with E-state index in [0.717, 1.165) is 35.2 Å². The summed E-state index contributed by atoms with van der Waals surface area (Å²) in [6, 6.07) is 8.12. The van der Waals surface area contributed by atoms with Gasteiger partial charge in [-0.05, 0) is 54.8 Å². The number of methoxy groups -OCH3 is 1. The van der Waals surface area contributed by atoms with Crippen LogP contribution in [0.25, 0.3) is 0 Å². The van der Waals surface area contributed by atoms with Crippen molar-refractivity contribution in [1.82, 2.24) is 9.88 Å². The van der Waals surface area contributed by atoms with Gasteiger partial charge in [-0.1, -0.05) is 17.7 Å². The standard InChI is InChI=1S/C21H27BrN2O3/c1-4-24-13-16(22)12-18(24)20(25)23-14-21(7-9-27-10-8-21)17-11-15(2)5-6-19(17)26-3/h5-6,11-13H,4,7-10,14H2,1-3H3,(H,23,25). The average Bonchev–Trinajstić information content (AvgIpc) is 3.07. The largest absolute Gasteiger partial charge is 0.496 e. The fourth-order valence-electron chi connectivity index (χ4n) is 3.81. The number of rotatable bonds is 6. The Morgan fingerprint density at radius 2 is 2.07 bits per heavy atom. The Morgan fingerprint density at radius 1 is 1.33 bits per heavy atom. The Labute approximate surface area is 169 Å². The highest BCUT2D eigenvalue weighted by Gasteiger charge is 2.37. The number of amides is 1. The van der Waals surface area contributed by atoms with Gasteiger partial charge in [0.05, 0.1) is 7.11 Å². The first kappa shape index (κ1) is 20.0. The summed E-state index contributed by atoms with van der Waals surface area (Å²) >= 11 is 3.46. The number of halogens is 1. The van der Waals surface area contributed by atoms with Gasteiger partial charge in [0.25, 0.3) is 5.91 Å². The highest BCUT2D eigenvalue weighted by Crippen LogP contribution is 2.40. The van der Waals surface area contributed by atoms with Crippen LogP contribution in [0.15, 0.2) is 34.9 Å². The number of nitrogens with zero attached hydrogens (tertiary/aromatic N) is 1. The van der Waals surface area contributed by atoms with Crippen molar-refractivity contribution in [2.45, 2.75) is 38.6 Å². The first-order valence-corrected chi connectivity index (χ1v) is 10.1. The highest BCUT2D eigenvalue weighted by molar-refractivity contribution is 9.10. The molecule has 6 heteroatoms. The van der Waals surface area contributed by atoms with E-state index in [1.807, 2.05) is 29.8 Å². The quantitative estimate of drug-likeness (QED) is 0.745. The van der Waals surface area contributed by atoms with Gasteiger partial charge >= 0.3 is 0 Å². The second-order valence-corrected chi connectivity index (χ2v) is 8.02. The van der Waals surface area contributed by atoms with Crippen molar-refractivity contribution in [2.75, 3.05) is 26.9 Å². The van der Waals surface area contributed by atoms with Crippen LogP contribution in [-0.2, 0) is 16.7 Å². The van der Waals surface area contributed by atoms with Crippen LogP contribution in [0.2, 0.25) is 0 Å². The summed E-state index contributed by atoms with van der Waals surface area (Å²) in [6.07, 6.45) is 3.64. The minimum atomic E-state index is -0.188. The summed E-state index contributed by atoms with van der Waals surface area (Å²) < 4.78 is 14.1. The molecule has 1 aliphatic rings. The molecular weight excluding hydrogens is 408 g/mol. The van der Waals surface area contributed by atoms with Gasteiger partial charge < -0.3 is 19.4 Å². The normalized spacial score (nSPS) is 16.1. The second-order valence-electron chi connectivity index (χ2n) is 7.11. The fourth-order valence-corrected chi connectivity index (χ4v) is 4.27. The maximum absolute atomic E-state index is 12.9. The van der Waals surface area contributed by atoms with Crippen molar-refractivity contribution in [1.29, 1.82) is 0 Å². The molecule has 0 spiro atoms. The highest BCUT2D eigenvalue weighted by atomic mass is 79.9. The number of hydrogen-bond acceptors (Lipinski definition) is 3. The maximum Gasteiger partial charge on any atom is 0.267 e. The van der Waals surface area contributed by atoms with E-state index >= 15 is 0 Å². The first-order valence-electron chi connectivity index (χ1n) is 9.36. The number of aromatic nitrogens is 1. The van der Waals surface area contributed by atoms with E-state index < -0.39 is 0 Å². The lowest BCUT2D eigenvalue weighted by Gasteiger charge is -2.38. The topological polar surface area (TPSA) is 52.5 Å². The molecule has 0 radical (unpaired) electrons. The van der Waals surface area contributed by atoms with E-state index in [9.17, 15) is 4.79 Å². The van der Waals surface area contributed by atoms with Crippen molar-refractivity contribution < 1.29 is 14.3 Å². The molecule has 146 valence electrons. The molecule has 3 rings (SSSR count). The molecule has 1 amide bonds. The molecule has 0 bridgehead atoms. The van der Waals surface area contributed by atoms with Crippen LogP contribution < -0.4 is 10.1 Å². The Kier molecular flexibility index (Phi) is 6.27. The van der Waals surface area contributed by atoms with Crippen molar-refractivity contribution in [3.8, 4) is 5.75 Å². The van der Waals surface area contributed by atoms with Crippen molar-refractivity contribution in [2.24, 2.45) is 0 Å². The number of aryl methyl sites for hydroxylation is 2. The smallest absolute Gasteiger partial charge is 0.267 e. The Balaban J connectivity index is 1.88. The molecule has 0 saturated carbocycles.